The third-order valence-electron chi connectivity index (χ3n) is 6.18. The molecule has 0 atom stereocenters. The third kappa shape index (κ3) is 7.09. The van der Waals surface area contributed by atoms with Crippen LogP contribution in [0.4, 0.5) is 0 Å². The molecule has 2 N–H and O–H groups in total. The van der Waals surface area contributed by atoms with E-state index in [4.69, 9.17) is 15.2 Å². The lowest BCUT2D eigenvalue weighted by molar-refractivity contribution is -0.117. The molecule has 0 bridgehead atoms. The molecule has 5 heteroatoms. The molecule has 2 heterocycles. The van der Waals surface area contributed by atoms with Crippen molar-refractivity contribution in [1.29, 1.82) is 0 Å². The van der Waals surface area contributed by atoms with Crippen LogP contribution in [0.5, 0.6) is 11.5 Å². The van der Waals surface area contributed by atoms with E-state index in [-0.39, 0.29) is 5.91 Å². The van der Waals surface area contributed by atoms with Gasteiger partial charge in [0.25, 0.3) is 0 Å². The van der Waals surface area contributed by atoms with Gasteiger partial charge in [0.1, 0.15) is 13.2 Å². The monoisotopic (exact) mass is 458 g/mol. The van der Waals surface area contributed by atoms with Crippen molar-refractivity contribution in [1.82, 2.24) is 4.90 Å². The molecule has 0 spiro atoms. The SMILES string of the molecule is NC(=O)Cc1ccc(-c2ccccc2)cc1.c1cc2c(cc1CCCN1CCCC1)OCCO2. The smallest absolute Gasteiger partial charge is 0.221 e. The zero-order valence-electron chi connectivity index (χ0n) is 19.7. The van der Waals surface area contributed by atoms with Crippen molar-refractivity contribution >= 4 is 5.91 Å². The zero-order chi connectivity index (χ0) is 23.6. The summed E-state index contributed by atoms with van der Waals surface area (Å²) in [6.45, 7) is 5.16. The Morgan fingerprint density at radius 2 is 1.44 bits per heavy atom. The van der Waals surface area contributed by atoms with Gasteiger partial charge in [0.2, 0.25) is 5.91 Å². The number of aryl methyl sites for hydroxylation is 1. The quantitative estimate of drug-likeness (QED) is 0.549. The van der Waals surface area contributed by atoms with Gasteiger partial charge in [-0.3, -0.25) is 4.79 Å². The molecule has 5 nitrogen and oxygen atoms in total. The zero-order valence-corrected chi connectivity index (χ0v) is 19.7. The molecule has 1 saturated heterocycles. The molecular formula is C29H34N2O3. The summed E-state index contributed by atoms with van der Waals surface area (Å²) in [7, 11) is 0. The maximum absolute atomic E-state index is 10.7. The highest BCUT2D eigenvalue weighted by molar-refractivity contribution is 5.77. The van der Waals surface area contributed by atoms with Gasteiger partial charge in [0, 0.05) is 0 Å². The van der Waals surface area contributed by atoms with Gasteiger partial charge < -0.3 is 20.1 Å². The second-order valence-corrected chi connectivity index (χ2v) is 8.84. The van der Waals surface area contributed by atoms with Crippen molar-refractivity contribution in [3.63, 3.8) is 0 Å². The molecule has 2 aliphatic rings. The number of ether oxygens (including phenoxy) is 2. The number of hydrogen-bond acceptors (Lipinski definition) is 4. The van der Waals surface area contributed by atoms with Crippen LogP contribution in [0.15, 0.2) is 72.8 Å². The lowest BCUT2D eigenvalue weighted by Gasteiger charge is -2.19. The number of fused-ring (bicyclic) bond motifs is 1. The first-order chi connectivity index (χ1) is 16.7. The summed E-state index contributed by atoms with van der Waals surface area (Å²) in [6, 6.07) is 24.4. The van der Waals surface area contributed by atoms with Crippen LogP contribution in [0, 0.1) is 0 Å². The van der Waals surface area contributed by atoms with E-state index >= 15 is 0 Å². The topological polar surface area (TPSA) is 64.8 Å². The Kier molecular flexibility index (Phi) is 8.58. The van der Waals surface area contributed by atoms with Crippen LogP contribution in [0.3, 0.4) is 0 Å². The minimum atomic E-state index is -0.299. The first-order valence-corrected chi connectivity index (χ1v) is 12.2. The highest BCUT2D eigenvalue weighted by Crippen LogP contribution is 2.31. The van der Waals surface area contributed by atoms with Crippen molar-refractivity contribution in [2.75, 3.05) is 32.8 Å². The number of likely N-dealkylation sites (tertiary alicyclic amines) is 1. The normalized spacial score (nSPS) is 14.8. The van der Waals surface area contributed by atoms with Crippen molar-refractivity contribution in [3.8, 4) is 22.6 Å². The van der Waals surface area contributed by atoms with Crippen LogP contribution >= 0.6 is 0 Å². The third-order valence-corrected chi connectivity index (χ3v) is 6.18. The van der Waals surface area contributed by atoms with Gasteiger partial charge in [-0.25, -0.2) is 0 Å². The number of benzene rings is 3. The molecule has 1 amide bonds. The van der Waals surface area contributed by atoms with Crippen molar-refractivity contribution in [2.45, 2.75) is 32.1 Å². The van der Waals surface area contributed by atoms with Gasteiger partial charge >= 0.3 is 0 Å². The van der Waals surface area contributed by atoms with E-state index in [2.05, 4.69) is 29.2 Å². The van der Waals surface area contributed by atoms with Gasteiger partial charge in [-0.15, -0.1) is 0 Å². The second-order valence-electron chi connectivity index (χ2n) is 8.84. The fourth-order valence-corrected chi connectivity index (χ4v) is 4.40. The first-order valence-electron chi connectivity index (χ1n) is 12.2. The summed E-state index contributed by atoms with van der Waals surface area (Å²) in [4.78, 5) is 13.3. The van der Waals surface area contributed by atoms with Crippen LogP contribution in [-0.4, -0.2) is 43.7 Å². The highest BCUT2D eigenvalue weighted by Gasteiger charge is 2.13. The number of hydrogen-bond donors (Lipinski definition) is 1. The van der Waals surface area contributed by atoms with E-state index in [1.54, 1.807) is 0 Å². The predicted molar refractivity (Wildman–Crippen MR) is 136 cm³/mol. The van der Waals surface area contributed by atoms with Crippen molar-refractivity contribution in [2.24, 2.45) is 5.73 Å². The summed E-state index contributed by atoms with van der Waals surface area (Å²) < 4.78 is 11.1. The standard InChI is InChI=1S/C15H21NO2.C14H13NO/c1-2-8-16(7-1)9-3-4-13-5-6-14-15(12-13)18-11-10-17-14;15-14(16)10-11-6-8-13(9-7-11)12-4-2-1-3-5-12/h5-6,12H,1-4,7-11H2;1-9H,10H2,(H2,15,16). The molecule has 2 aliphatic heterocycles. The molecule has 178 valence electrons. The Balaban J connectivity index is 0.000000162. The minimum Gasteiger partial charge on any atom is -0.486 e. The number of nitrogens with two attached hydrogens (primary N) is 1. The molecule has 3 aromatic carbocycles. The van der Waals surface area contributed by atoms with Crippen molar-refractivity contribution in [3.05, 3.63) is 83.9 Å². The first kappa shape index (κ1) is 23.8. The Bertz CT molecular complexity index is 1040. The molecule has 1 fully saturated rings. The summed E-state index contributed by atoms with van der Waals surface area (Å²) in [5, 5.41) is 0. The molecule has 0 aliphatic carbocycles. The van der Waals surface area contributed by atoms with E-state index in [0.29, 0.717) is 19.6 Å². The molecule has 0 radical (unpaired) electrons. The van der Waals surface area contributed by atoms with Crippen LogP contribution in [0.1, 0.15) is 30.4 Å². The maximum Gasteiger partial charge on any atom is 0.221 e. The summed E-state index contributed by atoms with van der Waals surface area (Å²) in [5.41, 5.74) is 9.77. The molecule has 5 rings (SSSR count). The van der Waals surface area contributed by atoms with Gasteiger partial charge in [-0.05, 0) is 79.7 Å². The average Bonchev–Trinajstić information content (AvgIpc) is 3.39. The van der Waals surface area contributed by atoms with E-state index in [1.807, 2.05) is 48.5 Å². The number of amides is 1. The Hall–Kier alpha value is -3.31. The fraction of sp³-hybridized carbons (Fsp3) is 0.345. The Labute approximate surface area is 202 Å². The molecule has 3 aromatic rings. The van der Waals surface area contributed by atoms with Gasteiger partial charge in [0.15, 0.2) is 11.5 Å². The molecule has 0 aromatic heterocycles. The number of carbonyl (C=O) groups excluding carboxylic acids is 1. The Morgan fingerprint density at radius 3 is 2.15 bits per heavy atom. The molecule has 0 unspecified atom stereocenters. The summed E-state index contributed by atoms with van der Waals surface area (Å²) in [5.74, 6) is 1.51. The fourth-order valence-electron chi connectivity index (χ4n) is 4.40. The lowest BCUT2D eigenvalue weighted by Crippen LogP contribution is -2.20. The van der Waals surface area contributed by atoms with E-state index < -0.39 is 0 Å². The van der Waals surface area contributed by atoms with E-state index in [1.165, 1.54) is 50.0 Å². The van der Waals surface area contributed by atoms with Crippen LogP contribution < -0.4 is 15.2 Å². The number of primary amides is 1. The van der Waals surface area contributed by atoms with Crippen molar-refractivity contribution < 1.29 is 14.3 Å². The van der Waals surface area contributed by atoms with Gasteiger partial charge in [-0.2, -0.15) is 0 Å². The summed E-state index contributed by atoms with van der Waals surface area (Å²) in [6.07, 6.45) is 5.43. The lowest BCUT2D eigenvalue weighted by atomic mass is 10.0. The number of carbonyl (C=O) groups is 1. The summed E-state index contributed by atoms with van der Waals surface area (Å²) >= 11 is 0. The van der Waals surface area contributed by atoms with Crippen LogP contribution in [-0.2, 0) is 17.6 Å². The Morgan fingerprint density at radius 1 is 0.794 bits per heavy atom. The highest BCUT2D eigenvalue weighted by atomic mass is 16.6. The number of nitrogens with zero attached hydrogens (tertiary/aromatic N) is 1. The largest absolute Gasteiger partial charge is 0.486 e. The maximum atomic E-state index is 10.7. The van der Waals surface area contributed by atoms with Crippen LogP contribution in [0.2, 0.25) is 0 Å². The van der Waals surface area contributed by atoms with Gasteiger partial charge in [0.05, 0.1) is 6.42 Å². The second kappa shape index (κ2) is 12.2. The predicted octanol–water partition coefficient (Wildman–Crippen LogP) is 4.87. The minimum absolute atomic E-state index is 0.299. The average molecular weight is 459 g/mol. The number of rotatable bonds is 7. The van der Waals surface area contributed by atoms with E-state index in [9.17, 15) is 4.79 Å². The molecule has 0 saturated carbocycles. The van der Waals surface area contributed by atoms with Crippen LogP contribution in [0.25, 0.3) is 11.1 Å². The molecular weight excluding hydrogens is 424 g/mol. The molecule has 34 heavy (non-hydrogen) atoms. The van der Waals surface area contributed by atoms with Gasteiger partial charge in [-0.1, -0.05) is 60.7 Å². The van der Waals surface area contributed by atoms with E-state index in [0.717, 1.165) is 29.0 Å².